The Hall–Kier alpha value is -1.80. The van der Waals surface area contributed by atoms with E-state index in [9.17, 15) is 0 Å². The largest absolute Gasteiger partial charge is 0.372 e. The lowest BCUT2D eigenvalue weighted by Gasteiger charge is -2.24. The Balaban J connectivity index is 1.85. The Morgan fingerprint density at radius 1 is 1.00 bits per heavy atom. The van der Waals surface area contributed by atoms with Gasteiger partial charge in [0.05, 0.1) is 0 Å². The molecule has 0 aliphatic carbocycles. The summed E-state index contributed by atoms with van der Waals surface area (Å²) in [5.41, 5.74) is 10.1. The molecule has 0 aliphatic heterocycles. The van der Waals surface area contributed by atoms with Crippen LogP contribution in [-0.2, 0) is 0 Å². The van der Waals surface area contributed by atoms with E-state index >= 15 is 0 Å². The van der Waals surface area contributed by atoms with Gasteiger partial charge in [-0.1, -0.05) is 48.0 Å². The maximum Gasteiger partial charge on any atom is 0.0366 e. The van der Waals surface area contributed by atoms with Gasteiger partial charge in [-0.25, -0.2) is 0 Å². The molecule has 1 atom stereocenters. The molecule has 0 aromatic heterocycles. The van der Waals surface area contributed by atoms with Crippen LogP contribution in [-0.4, -0.2) is 13.1 Å². The van der Waals surface area contributed by atoms with Crippen molar-refractivity contribution >= 4 is 5.69 Å². The van der Waals surface area contributed by atoms with Crippen LogP contribution in [0.3, 0.4) is 0 Å². The van der Waals surface area contributed by atoms with E-state index in [1.165, 1.54) is 16.8 Å². The van der Waals surface area contributed by atoms with Gasteiger partial charge in [-0.15, -0.1) is 0 Å². The van der Waals surface area contributed by atoms with Gasteiger partial charge in [0.25, 0.3) is 0 Å². The van der Waals surface area contributed by atoms with Crippen molar-refractivity contribution in [2.45, 2.75) is 32.7 Å². The second kappa shape index (κ2) is 7.84. The Morgan fingerprint density at radius 3 is 2.29 bits per heavy atom. The van der Waals surface area contributed by atoms with Crippen LogP contribution < -0.4 is 10.6 Å². The topological polar surface area (TPSA) is 29.3 Å². The summed E-state index contributed by atoms with van der Waals surface area (Å²) in [6.45, 7) is 6.42. The fraction of sp³-hybridized carbons (Fsp3) is 0.368. The van der Waals surface area contributed by atoms with Gasteiger partial charge < -0.3 is 10.6 Å². The second-order valence-corrected chi connectivity index (χ2v) is 5.57. The van der Waals surface area contributed by atoms with Crippen LogP contribution in [0.5, 0.6) is 0 Å². The molecule has 0 fully saturated rings. The summed E-state index contributed by atoms with van der Waals surface area (Å²) >= 11 is 0. The first-order valence-corrected chi connectivity index (χ1v) is 7.83. The van der Waals surface area contributed by atoms with Crippen molar-refractivity contribution in [3.8, 4) is 0 Å². The van der Waals surface area contributed by atoms with Crippen LogP contribution in [0.1, 0.15) is 36.9 Å². The van der Waals surface area contributed by atoms with E-state index < -0.39 is 0 Å². The van der Waals surface area contributed by atoms with Gasteiger partial charge >= 0.3 is 0 Å². The van der Waals surface area contributed by atoms with Gasteiger partial charge in [0.15, 0.2) is 0 Å². The molecule has 112 valence electrons. The number of rotatable bonds is 7. The Kier molecular flexibility index (Phi) is 5.82. The highest BCUT2D eigenvalue weighted by molar-refractivity contribution is 5.47. The molecule has 0 radical (unpaired) electrons. The average molecular weight is 282 g/mol. The van der Waals surface area contributed by atoms with Gasteiger partial charge in [-0.05, 0) is 44.4 Å². The van der Waals surface area contributed by atoms with Crippen LogP contribution in [0.15, 0.2) is 54.6 Å². The van der Waals surface area contributed by atoms with Crippen LogP contribution >= 0.6 is 0 Å². The first kappa shape index (κ1) is 15.6. The van der Waals surface area contributed by atoms with E-state index in [1.807, 2.05) is 6.07 Å². The minimum absolute atomic E-state index is 0.142. The van der Waals surface area contributed by atoms with Crippen molar-refractivity contribution in [3.05, 3.63) is 65.7 Å². The number of hydrogen-bond donors (Lipinski definition) is 1. The van der Waals surface area contributed by atoms with Crippen molar-refractivity contribution < 1.29 is 0 Å². The normalized spacial score (nSPS) is 12.1. The first-order valence-electron chi connectivity index (χ1n) is 7.83. The molecular formula is C19H26N2. The summed E-state index contributed by atoms with van der Waals surface area (Å²) in [6, 6.07) is 19.3. The molecule has 2 aromatic carbocycles. The third-order valence-corrected chi connectivity index (χ3v) is 3.95. The number of benzene rings is 2. The molecule has 0 bridgehead atoms. The Labute approximate surface area is 128 Å². The Bertz CT molecular complexity index is 519. The van der Waals surface area contributed by atoms with E-state index in [1.54, 1.807) is 0 Å². The summed E-state index contributed by atoms with van der Waals surface area (Å²) in [5, 5.41) is 0. The Morgan fingerprint density at radius 2 is 1.67 bits per heavy atom. The lowest BCUT2D eigenvalue weighted by molar-refractivity contribution is 0.602. The standard InChI is InChI=1S/C19H26N2/c1-3-21(18-13-11-16(2)12-14-18)15-7-10-19(20)17-8-5-4-6-9-17/h4-6,8-9,11-14,19H,3,7,10,15,20H2,1-2H3. The third kappa shape index (κ3) is 4.61. The van der Waals surface area contributed by atoms with Crippen molar-refractivity contribution in [3.63, 3.8) is 0 Å². The van der Waals surface area contributed by atoms with Crippen molar-refractivity contribution in [1.29, 1.82) is 0 Å². The summed E-state index contributed by atoms with van der Waals surface area (Å²) in [5.74, 6) is 0. The molecule has 0 aliphatic rings. The maximum atomic E-state index is 6.26. The molecule has 0 saturated heterocycles. The van der Waals surface area contributed by atoms with Gasteiger partial charge in [0.2, 0.25) is 0 Å². The molecule has 2 nitrogen and oxygen atoms in total. The summed E-state index contributed by atoms with van der Waals surface area (Å²) in [7, 11) is 0. The van der Waals surface area contributed by atoms with Gasteiger partial charge in [-0.2, -0.15) is 0 Å². The average Bonchev–Trinajstić information content (AvgIpc) is 2.53. The quantitative estimate of drug-likeness (QED) is 0.820. The fourth-order valence-corrected chi connectivity index (χ4v) is 2.59. The van der Waals surface area contributed by atoms with E-state index in [-0.39, 0.29) is 6.04 Å². The molecule has 0 heterocycles. The second-order valence-electron chi connectivity index (χ2n) is 5.57. The van der Waals surface area contributed by atoms with Crippen molar-refractivity contribution in [2.24, 2.45) is 5.73 Å². The molecule has 21 heavy (non-hydrogen) atoms. The smallest absolute Gasteiger partial charge is 0.0366 e. The third-order valence-electron chi connectivity index (χ3n) is 3.95. The van der Waals surface area contributed by atoms with E-state index in [2.05, 4.69) is 67.3 Å². The zero-order valence-corrected chi connectivity index (χ0v) is 13.1. The van der Waals surface area contributed by atoms with Crippen molar-refractivity contribution in [1.82, 2.24) is 0 Å². The molecule has 2 N–H and O–H groups in total. The number of nitrogens with two attached hydrogens (primary N) is 1. The molecule has 2 heteroatoms. The predicted octanol–water partition coefficient (Wildman–Crippen LogP) is 4.30. The van der Waals surface area contributed by atoms with E-state index in [4.69, 9.17) is 5.73 Å². The minimum atomic E-state index is 0.142. The van der Waals surface area contributed by atoms with Crippen LogP contribution in [0.25, 0.3) is 0 Å². The summed E-state index contributed by atoms with van der Waals surface area (Å²) in [4.78, 5) is 2.41. The van der Waals surface area contributed by atoms with Gasteiger partial charge in [-0.3, -0.25) is 0 Å². The number of aryl methyl sites for hydroxylation is 1. The number of nitrogens with zero attached hydrogens (tertiary/aromatic N) is 1. The number of anilines is 1. The highest BCUT2D eigenvalue weighted by Crippen LogP contribution is 2.18. The van der Waals surface area contributed by atoms with Crippen LogP contribution in [0, 0.1) is 6.92 Å². The zero-order valence-electron chi connectivity index (χ0n) is 13.1. The van der Waals surface area contributed by atoms with Crippen LogP contribution in [0.2, 0.25) is 0 Å². The SMILES string of the molecule is CCN(CCCC(N)c1ccccc1)c1ccc(C)cc1. The predicted molar refractivity (Wildman–Crippen MR) is 91.7 cm³/mol. The van der Waals surface area contributed by atoms with Gasteiger partial charge in [0.1, 0.15) is 0 Å². The summed E-state index contributed by atoms with van der Waals surface area (Å²) in [6.07, 6.45) is 2.13. The molecular weight excluding hydrogens is 256 g/mol. The fourth-order valence-electron chi connectivity index (χ4n) is 2.59. The summed E-state index contributed by atoms with van der Waals surface area (Å²) < 4.78 is 0. The molecule has 1 unspecified atom stereocenters. The highest BCUT2D eigenvalue weighted by atomic mass is 15.1. The number of hydrogen-bond acceptors (Lipinski definition) is 2. The zero-order chi connectivity index (χ0) is 15.1. The van der Waals surface area contributed by atoms with Crippen molar-refractivity contribution in [2.75, 3.05) is 18.0 Å². The highest BCUT2D eigenvalue weighted by Gasteiger charge is 2.08. The monoisotopic (exact) mass is 282 g/mol. The van der Waals surface area contributed by atoms with Crippen LogP contribution in [0.4, 0.5) is 5.69 Å². The molecule has 0 amide bonds. The van der Waals surface area contributed by atoms with E-state index in [0.717, 1.165) is 25.9 Å². The minimum Gasteiger partial charge on any atom is -0.372 e. The molecule has 0 saturated carbocycles. The molecule has 0 spiro atoms. The molecule has 2 rings (SSSR count). The van der Waals surface area contributed by atoms with Gasteiger partial charge in [0, 0.05) is 24.8 Å². The maximum absolute atomic E-state index is 6.26. The molecule has 2 aromatic rings. The van der Waals surface area contributed by atoms with E-state index in [0.29, 0.717) is 0 Å². The lowest BCUT2D eigenvalue weighted by atomic mass is 10.0. The lowest BCUT2D eigenvalue weighted by Crippen LogP contribution is -2.24. The first-order chi connectivity index (χ1) is 10.2.